The summed E-state index contributed by atoms with van der Waals surface area (Å²) in [6, 6.07) is 14.8. The molecule has 0 unspecified atom stereocenters. The molecule has 0 aliphatic rings. The fraction of sp³-hybridized carbons (Fsp3) is 0.174. The first kappa shape index (κ1) is 21.1. The summed E-state index contributed by atoms with van der Waals surface area (Å²) in [4.78, 5) is 22.4. The van der Waals surface area contributed by atoms with Gasteiger partial charge in [-0.1, -0.05) is 12.1 Å². The van der Waals surface area contributed by atoms with Gasteiger partial charge in [-0.15, -0.1) is 23.1 Å². The predicted molar refractivity (Wildman–Crippen MR) is 120 cm³/mol. The Morgan fingerprint density at radius 1 is 1.10 bits per heavy atom. The van der Waals surface area contributed by atoms with Crippen LogP contribution in [0.2, 0.25) is 0 Å². The number of rotatable bonds is 8. The molecule has 0 fully saturated rings. The van der Waals surface area contributed by atoms with E-state index in [4.69, 9.17) is 13.9 Å². The summed E-state index contributed by atoms with van der Waals surface area (Å²) in [5, 5.41) is 3.07. The van der Waals surface area contributed by atoms with E-state index >= 15 is 0 Å². The van der Waals surface area contributed by atoms with Gasteiger partial charge in [-0.2, -0.15) is 0 Å². The number of carbonyl (C=O) groups excluding carboxylic acids is 1. The highest BCUT2D eigenvalue weighted by atomic mass is 32.2. The molecule has 4 rings (SSSR count). The van der Waals surface area contributed by atoms with E-state index in [1.807, 2.05) is 54.8 Å². The number of hydrogen-bond acceptors (Lipinski definition) is 8. The van der Waals surface area contributed by atoms with Crippen molar-refractivity contribution in [3.8, 4) is 17.2 Å². The highest BCUT2D eigenvalue weighted by molar-refractivity contribution is 7.98. The lowest BCUT2D eigenvalue weighted by Crippen LogP contribution is -2.07. The highest BCUT2D eigenvalue weighted by Gasteiger charge is 2.15. The van der Waals surface area contributed by atoms with Crippen molar-refractivity contribution in [2.24, 2.45) is 0 Å². The number of hydrogen-bond donors (Lipinski definition) is 0. The van der Waals surface area contributed by atoms with Crippen LogP contribution in [0.15, 0.2) is 69.5 Å². The zero-order valence-electron chi connectivity index (χ0n) is 17.0. The van der Waals surface area contributed by atoms with E-state index in [9.17, 15) is 4.79 Å². The molecule has 2 aromatic carbocycles. The number of aromatic nitrogens is 2. The Morgan fingerprint density at radius 3 is 2.65 bits per heavy atom. The normalized spacial score (nSPS) is 10.8. The van der Waals surface area contributed by atoms with Crippen molar-refractivity contribution in [3.05, 3.63) is 82.1 Å². The van der Waals surface area contributed by atoms with Crippen molar-refractivity contribution >= 4 is 29.1 Å². The van der Waals surface area contributed by atoms with Crippen LogP contribution in [-0.2, 0) is 17.1 Å². The molecule has 0 saturated heterocycles. The average molecular weight is 453 g/mol. The first-order valence-corrected chi connectivity index (χ1v) is 11.4. The minimum atomic E-state index is -0.397. The Morgan fingerprint density at radius 2 is 1.90 bits per heavy atom. The molecular formula is C23H20N2O4S2. The number of carbonyl (C=O) groups is 1. The van der Waals surface area contributed by atoms with Gasteiger partial charge in [0.05, 0.1) is 23.4 Å². The number of nitrogens with zero attached hydrogens (tertiary/aromatic N) is 2. The second-order valence-corrected chi connectivity index (χ2v) is 8.67. The molecule has 2 aromatic heterocycles. The SMILES string of the molecule is COc1ccc(-c2nc(COC(=O)c3ccccc3SCc3csc(C)n3)co2)cc1. The largest absolute Gasteiger partial charge is 0.497 e. The van der Waals surface area contributed by atoms with E-state index in [1.165, 1.54) is 6.26 Å². The molecule has 0 N–H and O–H groups in total. The average Bonchev–Trinajstić information content (AvgIpc) is 3.45. The molecule has 0 bridgehead atoms. The Hall–Kier alpha value is -3.10. The Bertz CT molecular complexity index is 1170. The van der Waals surface area contributed by atoms with Gasteiger partial charge in [0.2, 0.25) is 5.89 Å². The maximum absolute atomic E-state index is 12.7. The Balaban J connectivity index is 1.38. The Kier molecular flexibility index (Phi) is 6.69. The maximum atomic E-state index is 12.7. The number of thioether (sulfide) groups is 1. The molecule has 4 aromatic rings. The van der Waals surface area contributed by atoms with Crippen LogP contribution in [0.5, 0.6) is 5.75 Å². The molecule has 0 saturated carbocycles. The van der Waals surface area contributed by atoms with Crippen LogP contribution in [0.1, 0.15) is 26.8 Å². The van der Waals surface area contributed by atoms with Crippen molar-refractivity contribution in [1.82, 2.24) is 9.97 Å². The van der Waals surface area contributed by atoms with Gasteiger partial charge in [-0.3, -0.25) is 0 Å². The molecule has 31 heavy (non-hydrogen) atoms. The highest BCUT2D eigenvalue weighted by Crippen LogP contribution is 2.28. The summed E-state index contributed by atoms with van der Waals surface area (Å²) < 4.78 is 16.2. The van der Waals surface area contributed by atoms with E-state index in [1.54, 1.807) is 36.3 Å². The third-order valence-corrected chi connectivity index (χ3v) is 6.32. The van der Waals surface area contributed by atoms with Crippen LogP contribution in [0, 0.1) is 6.92 Å². The molecule has 8 heteroatoms. The van der Waals surface area contributed by atoms with Crippen LogP contribution in [0.25, 0.3) is 11.5 Å². The summed E-state index contributed by atoms with van der Waals surface area (Å²) in [5.74, 6) is 1.52. The maximum Gasteiger partial charge on any atom is 0.339 e. The standard InChI is InChI=1S/C23H20N2O4S2/c1-15-24-18(13-30-15)14-31-21-6-4-3-5-20(21)23(26)29-12-17-11-28-22(25-17)16-7-9-19(27-2)10-8-16/h3-11,13H,12,14H2,1-2H3. The van der Waals surface area contributed by atoms with Gasteiger partial charge < -0.3 is 13.9 Å². The monoisotopic (exact) mass is 452 g/mol. The third-order valence-electron chi connectivity index (χ3n) is 4.39. The minimum Gasteiger partial charge on any atom is -0.497 e. The topological polar surface area (TPSA) is 74.5 Å². The van der Waals surface area contributed by atoms with E-state index < -0.39 is 5.97 Å². The predicted octanol–water partition coefficient (Wildman–Crippen LogP) is 5.76. The van der Waals surface area contributed by atoms with Gasteiger partial charge in [-0.25, -0.2) is 14.8 Å². The van der Waals surface area contributed by atoms with Gasteiger partial charge in [0.15, 0.2) is 0 Å². The summed E-state index contributed by atoms with van der Waals surface area (Å²) >= 11 is 3.19. The van der Waals surface area contributed by atoms with Crippen LogP contribution in [-0.4, -0.2) is 23.0 Å². The van der Waals surface area contributed by atoms with Crippen LogP contribution < -0.4 is 4.74 Å². The van der Waals surface area contributed by atoms with Gasteiger partial charge in [0.1, 0.15) is 24.3 Å². The van der Waals surface area contributed by atoms with Crippen molar-refractivity contribution in [1.29, 1.82) is 0 Å². The molecule has 0 amide bonds. The second-order valence-electron chi connectivity index (χ2n) is 6.59. The van der Waals surface area contributed by atoms with Crippen LogP contribution in [0.3, 0.4) is 0 Å². The summed E-state index contributed by atoms with van der Waals surface area (Å²) in [5.41, 5.74) is 2.89. The number of methoxy groups -OCH3 is 1. The molecule has 0 radical (unpaired) electrons. The van der Waals surface area contributed by atoms with Crippen molar-refractivity contribution < 1.29 is 18.7 Å². The fourth-order valence-electron chi connectivity index (χ4n) is 2.84. The fourth-order valence-corrected chi connectivity index (χ4v) is 4.50. The number of benzene rings is 2. The van der Waals surface area contributed by atoms with Gasteiger partial charge in [0, 0.05) is 21.6 Å². The first-order chi connectivity index (χ1) is 15.1. The number of aryl methyl sites for hydroxylation is 1. The number of oxazole rings is 1. The lowest BCUT2D eigenvalue weighted by atomic mass is 10.2. The van der Waals surface area contributed by atoms with Crippen molar-refractivity contribution in [2.75, 3.05) is 7.11 Å². The summed E-state index contributed by atoms with van der Waals surface area (Å²) in [7, 11) is 1.61. The summed E-state index contributed by atoms with van der Waals surface area (Å²) in [6.07, 6.45) is 1.50. The molecule has 0 atom stereocenters. The van der Waals surface area contributed by atoms with Crippen LogP contribution >= 0.6 is 23.1 Å². The van der Waals surface area contributed by atoms with E-state index in [-0.39, 0.29) is 6.61 Å². The first-order valence-electron chi connectivity index (χ1n) is 9.51. The molecule has 158 valence electrons. The van der Waals surface area contributed by atoms with E-state index in [0.29, 0.717) is 22.9 Å². The molecule has 2 heterocycles. The Labute approximate surface area is 188 Å². The van der Waals surface area contributed by atoms with Crippen LogP contribution in [0.4, 0.5) is 0 Å². The van der Waals surface area contributed by atoms with Crippen molar-refractivity contribution in [3.63, 3.8) is 0 Å². The molecule has 0 spiro atoms. The lowest BCUT2D eigenvalue weighted by molar-refractivity contribution is 0.0463. The van der Waals surface area contributed by atoms with Crippen molar-refractivity contribution in [2.45, 2.75) is 24.2 Å². The summed E-state index contributed by atoms with van der Waals surface area (Å²) in [6.45, 7) is 2.01. The quantitative estimate of drug-likeness (QED) is 0.248. The van der Waals surface area contributed by atoms with Gasteiger partial charge in [-0.05, 0) is 43.3 Å². The molecule has 6 nitrogen and oxygen atoms in total. The second kappa shape index (κ2) is 9.80. The molecular weight excluding hydrogens is 432 g/mol. The molecule has 0 aliphatic heterocycles. The zero-order valence-corrected chi connectivity index (χ0v) is 18.7. The molecule has 0 aliphatic carbocycles. The van der Waals surface area contributed by atoms with Gasteiger partial charge >= 0.3 is 5.97 Å². The van der Waals surface area contributed by atoms with E-state index in [0.717, 1.165) is 26.9 Å². The zero-order chi connectivity index (χ0) is 21.6. The third kappa shape index (κ3) is 5.34. The number of ether oxygens (including phenoxy) is 2. The van der Waals surface area contributed by atoms with Gasteiger partial charge in [0.25, 0.3) is 0 Å². The smallest absolute Gasteiger partial charge is 0.339 e. The lowest BCUT2D eigenvalue weighted by Gasteiger charge is -2.08. The van der Waals surface area contributed by atoms with E-state index in [2.05, 4.69) is 9.97 Å². The number of thiazole rings is 1. The number of esters is 1. The minimum absolute atomic E-state index is 0.0305.